The number of ether oxygens (including phenoxy) is 3. The Kier molecular flexibility index (Phi) is 7.69. The van der Waals surface area contributed by atoms with E-state index in [9.17, 15) is 0 Å². The van der Waals surface area contributed by atoms with Crippen LogP contribution < -0.4 is 10.1 Å². The molecule has 1 heterocycles. The Morgan fingerprint density at radius 2 is 1.58 bits per heavy atom. The van der Waals surface area contributed by atoms with Crippen molar-refractivity contribution < 1.29 is 14.2 Å². The van der Waals surface area contributed by atoms with Crippen molar-refractivity contribution in [1.29, 1.82) is 0 Å². The van der Waals surface area contributed by atoms with Gasteiger partial charge < -0.3 is 19.5 Å². The summed E-state index contributed by atoms with van der Waals surface area (Å²) < 4.78 is 19.4. The summed E-state index contributed by atoms with van der Waals surface area (Å²) in [4.78, 5) is 0. The zero-order valence-corrected chi connectivity index (χ0v) is 19.9. The van der Waals surface area contributed by atoms with E-state index in [4.69, 9.17) is 14.2 Å². The molecule has 2 unspecified atom stereocenters. The van der Waals surface area contributed by atoms with E-state index >= 15 is 0 Å². The van der Waals surface area contributed by atoms with Crippen LogP contribution in [0.1, 0.15) is 56.4 Å². The fourth-order valence-corrected chi connectivity index (χ4v) is 4.22. The topological polar surface area (TPSA) is 39.7 Å². The van der Waals surface area contributed by atoms with Crippen molar-refractivity contribution in [1.82, 2.24) is 0 Å². The smallest absolute Gasteiger partial charge is 0.132 e. The molecule has 3 aromatic rings. The van der Waals surface area contributed by atoms with Crippen molar-refractivity contribution in [3.8, 4) is 5.75 Å². The average molecular weight is 446 g/mol. The molecule has 0 saturated heterocycles. The highest BCUT2D eigenvalue weighted by Gasteiger charge is 2.45. The minimum Gasteiger partial charge on any atom is -0.485 e. The fourth-order valence-electron chi connectivity index (χ4n) is 4.22. The molecule has 0 spiro atoms. The van der Waals surface area contributed by atoms with E-state index in [1.54, 1.807) is 0 Å². The molecule has 0 bridgehead atoms. The fraction of sp³-hybridized carbons (Fsp3) is 0.379. The van der Waals surface area contributed by atoms with E-state index < -0.39 is 5.60 Å². The number of hydrogen-bond donors (Lipinski definition) is 1. The Hall–Kier alpha value is -2.82. The average Bonchev–Trinajstić information content (AvgIpc) is 2.83. The first kappa shape index (κ1) is 23.3. The van der Waals surface area contributed by atoms with Crippen LogP contribution in [0.3, 0.4) is 0 Å². The predicted molar refractivity (Wildman–Crippen MR) is 134 cm³/mol. The van der Waals surface area contributed by atoms with Crippen LogP contribution in [0.15, 0.2) is 78.9 Å². The van der Waals surface area contributed by atoms with Crippen LogP contribution in [-0.4, -0.2) is 18.3 Å². The Bertz CT molecular complexity index is 1000. The van der Waals surface area contributed by atoms with E-state index in [1.165, 1.54) is 5.56 Å². The second kappa shape index (κ2) is 10.9. The summed E-state index contributed by atoms with van der Waals surface area (Å²) >= 11 is 0. The minimum atomic E-state index is -0.516. The van der Waals surface area contributed by atoms with Crippen LogP contribution in [0.4, 0.5) is 5.69 Å². The lowest BCUT2D eigenvalue weighted by atomic mass is 9.87. The normalized spacial score (nSPS) is 18.9. The number of anilines is 1. The maximum Gasteiger partial charge on any atom is 0.132 e. The van der Waals surface area contributed by atoms with Gasteiger partial charge in [0.2, 0.25) is 0 Å². The summed E-state index contributed by atoms with van der Waals surface area (Å²) in [6.45, 7) is 8.34. The third kappa shape index (κ3) is 5.95. The molecular weight excluding hydrogens is 410 g/mol. The second-order valence-corrected chi connectivity index (χ2v) is 9.16. The predicted octanol–water partition coefficient (Wildman–Crippen LogP) is 6.91. The summed E-state index contributed by atoms with van der Waals surface area (Å²) in [5.41, 5.74) is 3.96. The van der Waals surface area contributed by atoms with Gasteiger partial charge >= 0.3 is 0 Å². The van der Waals surface area contributed by atoms with Gasteiger partial charge in [0.25, 0.3) is 0 Å². The largest absolute Gasteiger partial charge is 0.485 e. The van der Waals surface area contributed by atoms with Crippen molar-refractivity contribution in [3.63, 3.8) is 0 Å². The van der Waals surface area contributed by atoms with Gasteiger partial charge in [0.15, 0.2) is 0 Å². The van der Waals surface area contributed by atoms with Crippen molar-refractivity contribution >= 4 is 5.69 Å². The van der Waals surface area contributed by atoms with Gasteiger partial charge in [-0.15, -0.1) is 0 Å². The molecule has 2 atom stereocenters. The highest BCUT2D eigenvalue weighted by atomic mass is 16.6. The molecule has 4 nitrogen and oxygen atoms in total. The highest BCUT2D eigenvalue weighted by Crippen LogP contribution is 2.44. The Morgan fingerprint density at radius 3 is 2.27 bits per heavy atom. The van der Waals surface area contributed by atoms with Gasteiger partial charge in [-0.05, 0) is 49.6 Å². The Balaban J connectivity index is 1.57. The first-order valence-electron chi connectivity index (χ1n) is 11.9. The Morgan fingerprint density at radius 1 is 0.879 bits per heavy atom. The third-order valence-electron chi connectivity index (χ3n) is 6.06. The van der Waals surface area contributed by atoms with Crippen molar-refractivity contribution in [2.24, 2.45) is 0 Å². The SMILES string of the molecule is CCCCOC1c2cc(NCc3ccccc3)ccc2OC(C)(C)C1OCc1ccccc1. The van der Waals surface area contributed by atoms with Crippen LogP contribution in [0.5, 0.6) is 5.75 Å². The van der Waals surface area contributed by atoms with Gasteiger partial charge in [-0.3, -0.25) is 0 Å². The summed E-state index contributed by atoms with van der Waals surface area (Å²) in [5.74, 6) is 0.867. The molecule has 1 N–H and O–H groups in total. The van der Waals surface area contributed by atoms with Crippen LogP contribution in [0.2, 0.25) is 0 Å². The van der Waals surface area contributed by atoms with E-state index in [0.717, 1.165) is 42.0 Å². The lowest BCUT2D eigenvalue weighted by Crippen LogP contribution is -2.51. The number of fused-ring (bicyclic) bond motifs is 1. The number of hydrogen-bond acceptors (Lipinski definition) is 4. The highest BCUT2D eigenvalue weighted by molar-refractivity contribution is 5.53. The van der Waals surface area contributed by atoms with Crippen molar-refractivity contribution in [2.75, 3.05) is 11.9 Å². The molecule has 0 aliphatic carbocycles. The third-order valence-corrected chi connectivity index (χ3v) is 6.06. The van der Waals surface area contributed by atoms with Crippen molar-refractivity contribution in [2.45, 2.75) is 64.6 Å². The van der Waals surface area contributed by atoms with E-state index in [1.807, 2.05) is 30.3 Å². The molecule has 0 fully saturated rings. The molecule has 0 radical (unpaired) electrons. The molecule has 0 amide bonds. The van der Waals surface area contributed by atoms with E-state index in [2.05, 4.69) is 74.6 Å². The lowest BCUT2D eigenvalue weighted by Gasteiger charge is -2.44. The molecular formula is C29H35NO3. The summed E-state index contributed by atoms with van der Waals surface area (Å²) in [5, 5.41) is 3.54. The molecule has 0 saturated carbocycles. The van der Waals surface area contributed by atoms with Crippen LogP contribution in [0, 0.1) is 0 Å². The molecule has 4 heteroatoms. The number of rotatable bonds is 10. The molecule has 1 aliphatic heterocycles. The minimum absolute atomic E-state index is 0.197. The lowest BCUT2D eigenvalue weighted by molar-refractivity contribution is -0.167. The zero-order chi connectivity index (χ0) is 23.1. The van der Waals surface area contributed by atoms with Crippen molar-refractivity contribution in [3.05, 3.63) is 95.6 Å². The second-order valence-electron chi connectivity index (χ2n) is 9.16. The van der Waals surface area contributed by atoms with Gasteiger partial charge in [0.1, 0.15) is 23.6 Å². The van der Waals surface area contributed by atoms with Gasteiger partial charge in [-0.1, -0.05) is 74.0 Å². The van der Waals surface area contributed by atoms with Gasteiger partial charge in [-0.2, -0.15) is 0 Å². The number of unbranched alkanes of at least 4 members (excludes halogenated alkanes) is 1. The Labute approximate surface area is 197 Å². The first-order valence-corrected chi connectivity index (χ1v) is 11.9. The first-order chi connectivity index (χ1) is 16.1. The number of nitrogens with one attached hydrogen (secondary N) is 1. The van der Waals surface area contributed by atoms with E-state index in [-0.39, 0.29) is 12.2 Å². The molecule has 4 rings (SSSR count). The van der Waals surface area contributed by atoms with Gasteiger partial charge in [-0.25, -0.2) is 0 Å². The van der Waals surface area contributed by atoms with Gasteiger partial charge in [0, 0.05) is 24.4 Å². The van der Waals surface area contributed by atoms with Crippen LogP contribution >= 0.6 is 0 Å². The molecule has 174 valence electrons. The quantitative estimate of drug-likeness (QED) is 0.344. The molecule has 33 heavy (non-hydrogen) atoms. The maximum atomic E-state index is 6.48. The molecule has 3 aromatic carbocycles. The van der Waals surface area contributed by atoms with Crippen LogP contribution in [-0.2, 0) is 22.6 Å². The summed E-state index contributed by atoms with van der Waals surface area (Å²) in [6.07, 6.45) is 1.68. The zero-order valence-electron chi connectivity index (χ0n) is 19.9. The maximum absolute atomic E-state index is 6.48. The monoisotopic (exact) mass is 445 g/mol. The molecule has 0 aromatic heterocycles. The van der Waals surface area contributed by atoms with Gasteiger partial charge in [0.05, 0.1) is 6.61 Å². The molecule has 1 aliphatic rings. The number of benzene rings is 3. The van der Waals surface area contributed by atoms with Crippen LogP contribution in [0.25, 0.3) is 0 Å². The van der Waals surface area contributed by atoms with E-state index in [0.29, 0.717) is 13.2 Å². The summed E-state index contributed by atoms with van der Waals surface area (Å²) in [7, 11) is 0. The standard InChI is InChI=1S/C29H35NO3/c1-4-5-18-31-27-25-19-24(30-20-22-12-8-6-9-13-22)16-17-26(25)33-29(2,3)28(27)32-21-23-14-10-7-11-15-23/h6-17,19,27-28,30H,4-5,18,20-21H2,1-3H3. The summed E-state index contributed by atoms with van der Waals surface area (Å²) in [6, 6.07) is 27.0.